The fraction of sp³-hybridized carbons (Fsp3) is 0.364. The molecule has 0 radical (unpaired) electrons. The van der Waals surface area contributed by atoms with Crippen LogP contribution in [0.3, 0.4) is 0 Å². The Hall–Kier alpha value is -2.39. The predicted molar refractivity (Wildman–Crippen MR) is 111 cm³/mol. The number of benzene rings is 2. The van der Waals surface area contributed by atoms with Crippen LogP contribution in [0.25, 0.3) is 0 Å². The molecule has 0 aliphatic carbocycles. The Bertz CT molecular complexity index is 776. The van der Waals surface area contributed by atoms with Crippen LogP contribution >= 0.6 is 11.8 Å². The lowest BCUT2D eigenvalue weighted by Crippen LogP contribution is -2.60. The van der Waals surface area contributed by atoms with Crippen molar-refractivity contribution in [3.8, 4) is 0 Å². The lowest BCUT2D eigenvalue weighted by molar-refractivity contribution is -0.206. The highest BCUT2D eigenvalue weighted by molar-refractivity contribution is 7.99. The summed E-state index contributed by atoms with van der Waals surface area (Å²) in [6.07, 6.45) is -4.62. The topological polar surface area (TPSA) is 102 Å². The zero-order chi connectivity index (χ0) is 21.5. The second kappa shape index (κ2) is 10.6. The van der Waals surface area contributed by atoms with Crippen molar-refractivity contribution < 1.29 is 34.0 Å². The zero-order valence-electron chi connectivity index (χ0n) is 16.4. The number of hydrogen-bond acceptors (Lipinski definition) is 8. The van der Waals surface area contributed by atoms with Crippen molar-refractivity contribution in [1.29, 1.82) is 0 Å². The zero-order valence-corrected chi connectivity index (χ0v) is 17.2. The molecule has 1 aliphatic rings. The molecule has 1 heterocycles. The molecule has 7 nitrogen and oxygen atoms in total. The first-order chi connectivity index (χ1) is 14.5. The molecule has 2 aromatic rings. The first kappa shape index (κ1) is 22.3. The van der Waals surface area contributed by atoms with E-state index in [1.54, 1.807) is 60.7 Å². The van der Waals surface area contributed by atoms with Crippen LogP contribution in [0.2, 0.25) is 0 Å². The summed E-state index contributed by atoms with van der Waals surface area (Å²) in [6.45, 7) is 1.43. The molecule has 1 fully saturated rings. The third kappa shape index (κ3) is 5.20. The van der Waals surface area contributed by atoms with Crippen molar-refractivity contribution >= 4 is 23.7 Å². The average molecular weight is 432 g/mol. The van der Waals surface area contributed by atoms with Gasteiger partial charge in [0.25, 0.3) is 0 Å². The fourth-order valence-corrected chi connectivity index (χ4v) is 4.08. The molecular formula is C22H24O7S. The standard InChI is InChI=1S/C22H24O7S/c1-2-30-22-19(29-21(26)15-11-7-4-8-12-15)18(17(24)16(13-23)27-22)28-20(25)14-9-5-3-6-10-14/h3-12,16-19,22-24H,2,13H2,1H3. The molecule has 3 rings (SSSR count). The van der Waals surface area contributed by atoms with Gasteiger partial charge in [-0.05, 0) is 30.0 Å². The lowest BCUT2D eigenvalue weighted by atomic mass is 9.99. The van der Waals surface area contributed by atoms with Gasteiger partial charge >= 0.3 is 11.9 Å². The molecule has 1 saturated heterocycles. The summed E-state index contributed by atoms with van der Waals surface area (Å²) < 4.78 is 17.0. The molecule has 160 valence electrons. The van der Waals surface area contributed by atoms with Crippen LogP contribution in [0.1, 0.15) is 27.6 Å². The number of thioether (sulfide) groups is 1. The predicted octanol–water partition coefficient (Wildman–Crippen LogP) is 2.27. The molecule has 5 unspecified atom stereocenters. The lowest BCUT2D eigenvalue weighted by Gasteiger charge is -2.42. The third-order valence-electron chi connectivity index (χ3n) is 4.63. The summed E-state index contributed by atoms with van der Waals surface area (Å²) in [5.74, 6) is -0.668. The second-order valence-corrected chi connectivity index (χ2v) is 8.02. The summed E-state index contributed by atoms with van der Waals surface area (Å²) in [7, 11) is 0. The number of ether oxygens (including phenoxy) is 3. The van der Waals surface area contributed by atoms with E-state index in [1.807, 2.05) is 6.92 Å². The Morgan fingerprint density at radius 3 is 1.90 bits per heavy atom. The maximum Gasteiger partial charge on any atom is 0.338 e. The minimum absolute atomic E-state index is 0.296. The Labute approximate surface area is 179 Å². The van der Waals surface area contributed by atoms with E-state index >= 15 is 0 Å². The molecule has 0 aromatic heterocycles. The van der Waals surface area contributed by atoms with Gasteiger partial charge in [0.05, 0.1) is 17.7 Å². The third-order valence-corrected chi connectivity index (χ3v) is 5.68. The molecular weight excluding hydrogens is 408 g/mol. The quantitative estimate of drug-likeness (QED) is 0.643. The molecule has 2 N–H and O–H groups in total. The van der Waals surface area contributed by atoms with Crippen molar-refractivity contribution in [2.45, 2.75) is 36.8 Å². The van der Waals surface area contributed by atoms with Crippen molar-refractivity contribution in [2.24, 2.45) is 0 Å². The number of aliphatic hydroxyl groups is 2. The van der Waals surface area contributed by atoms with Gasteiger partial charge in [-0.1, -0.05) is 43.3 Å². The van der Waals surface area contributed by atoms with Crippen molar-refractivity contribution in [3.05, 3.63) is 71.8 Å². The van der Waals surface area contributed by atoms with Gasteiger partial charge in [-0.25, -0.2) is 9.59 Å². The minimum atomic E-state index is -1.37. The average Bonchev–Trinajstić information content (AvgIpc) is 2.78. The van der Waals surface area contributed by atoms with E-state index in [9.17, 15) is 19.8 Å². The van der Waals surface area contributed by atoms with Crippen molar-refractivity contribution in [3.63, 3.8) is 0 Å². The van der Waals surface area contributed by atoms with E-state index in [-0.39, 0.29) is 0 Å². The maximum atomic E-state index is 12.7. The highest BCUT2D eigenvalue weighted by atomic mass is 32.2. The highest BCUT2D eigenvalue weighted by Crippen LogP contribution is 2.33. The molecule has 8 heteroatoms. The maximum absolute atomic E-state index is 12.7. The van der Waals surface area contributed by atoms with Crippen LogP contribution < -0.4 is 0 Å². The summed E-state index contributed by atoms with van der Waals surface area (Å²) in [4.78, 5) is 25.3. The Morgan fingerprint density at radius 2 is 1.43 bits per heavy atom. The first-order valence-corrected chi connectivity index (χ1v) is 10.7. The van der Waals surface area contributed by atoms with Crippen LogP contribution in [0.4, 0.5) is 0 Å². The number of esters is 2. The highest BCUT2D eigenvalue weighted by Gasteiger charge is 2.49. The number of carbonyl (C=O) groups excluding carboxylic acids is 2. The molecule has 0 amide bonds. The van der Waals surface area contributed by atoms with E-state index < -0.39 is 48.4 Å². The van der Waals surface area contributed by atoms with Gasteiger partial charge in [-0.3, -0.25) is 0 Å². The number of aliphatic hydroxyl groups excluding tert-OH is 2. The largest absolute Gasteiger partial charge is 0.452 e. The number of carbonyl (C=O) groups is 2. The molecule has 0 spiro atoms. The van der Waals surface area contributed by atoms with Gasteiger partial charge in [-0.15, -0.1) is 11.8 Å². The Balaban J connectivity index is 1.87. The molecule has 0 bridgehead atoms. The molecule has 5 atom stereocenters. The fourth-order valence-electron chi connectivity index (χ4n) is 3.13. The SMILES string of the molecule is CCSC1OC(CO)C(O)C(OC(=O)c2ccccc2)C1OC(=O)c1ccccc1. The molecule has 30 heavy (non-hydrogen) atoms. The van der Waals surface area contributed by atoms with E-state index in [2.05, 4.69) is 0 Å². The minimum Gasteiger partial charge on any atom is -0.452 e. The smallest absolute Gasteiger partial charge is 0.338 e. The first-order valence-electron chi connectivity index (χ1n) is 9.63. The monoisotopic (exact) mass is 432 g/mol. The summed E-state index contributed by atoms with van der Waals surface area (Å²) in [6, 6.07) is 16.7. The molecule has 0 saturated carbocycles. The van der Waals surface area contributed by atoms with Gasteiger partial charge in [0, 0.05) is 0 Å². The second-order valence-electron chi connectivity index (χ2n) is 6.64. The van der Waals surface area contributed by atoms with Crippen LogP contribution in [0.5, 0.6) is 0 Å². The van der Waals surface area contributed by atoms with Gasteiger partial charge in [0.2, 0.25) is 0 Å². The summed E-state index contributed by atoms with van der Waals surface area (Å²) in [5.41, 5.74) is -0.106. The van der Waals surface area contributed by atoms with E-state index in [1.165, 1.54) is 11.8 Å². The van der Waals surface area contributed by atoms with E-state index in [4.69, 9.17) is 14.2 Å². The van der Waals surface area contributed by atoms with Gasteiger partial charge < -0.3 is 24.4 Å². The van der Waals surface area contributed by atoms with E-state index in [0.717, 1.165) is 0 Å². The van der Waals surface area contributed by atoms with Crippen molar-refractivity contribution in [2.75, 3.05) is 12.4 Å². The Morgan fingerprint density at radius 1 is 0.933 bits per heavy atom. The van der Waals surface area contributed by atoms with Gasteiger partial charge in [0.1, 0.15) is 17.6 Å². The Kier molecular flexibility index (Phi) is 7.87. The normalized spacial score (nSPS) is 26.0. The summed E-state index contributed by atoms with van der Waals surface area (Å²) >= 11 is 1.33. The molecule has 2 aromatic carbocycles. The van der Waals surface area contributed by atoms with Crippen LogP contribution in [-0.2, 0) is 14.2 Å². The number of rotatable bonds is 7. The van der Waals surface area contributed by atoms with Crippen LogP contribution in [0, 0.1) is 0 Å². The summed E-state index contributed by atoms with van der Waals surface area (Å²) in [5, 5.41) is 20.3. The van der Waals surface area contributed by atoms with Crippen molar-refractivity contribution in [1.82, 2.24) is 0 Å². The van der Waals surface area contributed by atoms with Gasteiger partial charge in [0.15, 0.2) is 12.2 Å². The van der Waals surface area contributed by atoms with Crippen LogP contribution in [0.15, 0.2) is 60.7 Å². The van der Waals surface area contributed by atoms with E-state index in [0.29, 0.717) is 16.9 Å². The molecule has 1 aliphatic heterocycles. The number of hydrogen-bond donors (Lipinski definition) is 2. The van der Waals surface area contributed by atoms with Crippen LogP contribution in [-0.4, -0.2) is 64.4 Å². The van der Waals surface area contributed by atoms with Gasteiger partial charge in [-0.2, -0.15) is 0 Å².